The van der Waals surface area contributed by atoms with Crippen molar-refractivity contribution in [1.82, 2.24) is 4.90 Å². The van der Waals surface area contributed by atoms with Crippen LogP contribution in [-0.2, 0) is 12.8 Å². The molecule has 0 N–H and O–H groups in total. The molecular formula is C20H25NO2S. The maximum atomic E-state index is 5.93. The summed E-state index contributed by atoms with van der Waals surface area (Å²) in [6, 6.07) is 8.76. The van der Waals surface area contributed by atoms with Crippen molar-refractivity contribution in [3.8, 4) is 11.5 Å². The molecule has 2 heterocycles. The minimum Gasteiger partial charge on any atom is -0.486 e. The van der Waals surface area contributed by atoms with E-state index in [-0.39, 0.29) is 0 Å². The highest BCUT2D eigenvalue weighted by Gasteiger charge is 2.27. The molecule has 4 rings (SSSR count). The number of nitrogens with zero attached hydrogens (tertiary/aromatic N) is 1. The molecule has 4 heteroatoms. The molecule has 3 nitrogen and oxygen atoms in total. The smallest absolute Gasteiger partial charge is 0.164 e. The molecule has 1 atom stereocenters. The maximum Gasteiger partial charge on any atom is 0.164 e. The minimum absolute atomic E-state index is 0.609. The van der Waals surface area contributed by atoms with E-state index in [2.05, 4.69) is 41.6 Å². The Hall–Kier alpha value is -1.52. The molecule has 0 saturated carbocycles. The van der Waals surface area contributed by atoms with Gasteiger partial charge in [0.25, 0.3) is 0 Å². The molecule has 2 aliphatic rings. The van der Waals surface area contributed by atoms with E-state index in [0.29, 0.717) is 19.1 Å². The molecule has 0 amide bonds. The third-order valence-corrected chi connectivity index (χ3v) is 6.06. The highest BCUT2D eigenvalue weighted by atomic mass is 32.1. The molecule has 1 aliphatic heterocycles. The van der Waals surface area contributed by atoms with Crippen molar-refractivity contribution < 1.29 is 9.47 Å². The number of ether oxygens (including phenoxy) is 2. The first-order valence-electron chi connectivity index (χ1n) is 8.93. The third kappa shape index (κ3) is 3.31. The second-order valence-corrected chi connectivity index (χ2v) is 7.87. The van der Waals surface area contributed by atoms with Crippen LogP contribution in [-0.4, -0.2) is 38.3 Å². The molecule has 24 heavy (non-hydrogen) atoms. The molecule has 0 spiro atoms. The minimum atomic E-state index is 0.609. The van der Waals surface area contributed by atoms with Crippen molar-refractivity contribution in [2.45, 2.75) is 31.6 Å². The summed E-state index contributed by atoms with van der Waals surface area (Å²) >= 11 is 1.86. The summed E-state index contributed by atoms with van der Waals surface area (Å²) in [4.78, 5) is 3.96. The lowest BCUT2D eigenvalue weighted by molar-refractivity contribution is 0.168. The molecule has 1 unspecified atom stereocenters. The van der Waals surface area contributed by atoms with Crippen molar-refractivity contribution in [3.63, 3.8) is 0 Å². The maximum absolute atomic E-state index is 5.93. The average molecular weight is 343 g/mol. The number of fused-ring (bicyclic) bond motifs is 3. The van der Waals surface area contributed by atoms with Gasteiger partial charge in [0.15, 0.2) is 11.5 Å². The van der Waals surface area contributed by atoms with Gasteiger partial charge in [-0.2, -0.15) is 0 Å². The van der Waals surface area contributed by atoms with Gasteiger partial charge in [-0.05, 0) is 61.7 Å². The van der Waals surface area contributed by atoms with Crippen LogP contribution < -0.4 is 9.47 Å². The number of thiophene rings is 1. The zero-order valence-corrected chi connectivity index (χ0v) is 15.1. The van der Waals surface area contributed by atoms with E-state index in [1.54, 1.807) is 0 Å². The lowest BCUT2D eigenvalue weighted by Gasteiger charge is -2.32. The van der Waals surface area contributed by atoms with Gasteiger partial charge >= 0.3 is 0 Å². The van der Waals surface area contributed by atoms with Crippen LogP contribution in [0.4, 0.5) is 0 Å². The van der Waals surface area contributed by atoms with Crippen molar-refractivity contribution in [1.29, 1.82) is 0 Å². The van der Waals surface area contributed by atoms with Crippen LogP contribution in [0.15, 0.2) is 29.6 Å². The largest absolute Gasteiger partial charge is 0.486 e. The topological polar surface area (TPSA) is 21.7 Å². The Balaban J connectivity index is 1.45. The lowest BCUT2D eigenvalue weighted by Crippen LogP contribution is -2.29. The van der Waals surface area contributed by atoms with E-state index in [9.17, 15) is 0 Å². The van der Waals surface area contributed by atoms with Crippen molar-refractivity contribution in [2.75, 3.05) is 33.4 Å². The van der Waals surface area contributed by atoms with Crippen LogP contribution in [0.5, 0.6) is 11.5 Å². The summed E-state index contributed by atoms with van der Waals surface area (Å²) in [7, 11) is 2.25. The second kappa shape index (κ2) is 7.16. The summed E-state index contributed by atoms with van der Waals surface area (Å²) in [6.07, 6.45) is 4.79. The van der Waals surface area contributed by atoms with Gasteiger partial charge < -0.3 is 14.4 Å². The first-order valence-corrected chi connectivity index (χ1v) is 9.81. The predicted octanol–water partition coefficient (Wildman–Crippen LogP) is 4.11. The Morgan fingerprint density at radius 1 is 1.21 bits per heavy atom. The van der Waals surface area contributed by atoms with Gasteiger partial charge in [-0.3, -0.25) is 0 Å². The Morgan fingerprint density at radius 3 is 3.00 bits per heavy atom. The first kappa shape index (κ1) is 16.0. The quantitative estimate of drug-likeness (QED) is 0.815. The van der Waals surface area contributed by atoms with Gasteiger partial charge in [0.1, 0.15) is 13.2 Å². The van der Waals surface area contributed by atoms with Crippen molar-refractivity contribution in [2.24, 2.45) is 0 Å². The summed E-state index contributed by atoms with van der Waals surface area (Å²) in [6.45, 7) is 3.59. The van der Waals surface area contributed by atoms with Gasteiger partial charge in [-0.1, -0.05) is 12.1 Å². The number of likely N-dealkylation sites (N-methyl/N-ethyl adjacent to an activating group) is 1. The normalized spacial score (nSPS) is 19.3. The Morgan fingerprint density at radius 2 is 2.12 bits per heavy atom. The number of rotatable bonds is 5. The van der Waals surface area contributed by atoms with Crippen molar-refractivity contribution >= 4 is 11.3 Å². The molecule has 2 aromatic rings. The van der Waals surface area contributed by atoms with Gasteiger partial charge in [-0.25, -0.2) is 0 Å². The molecule has 1 aromatic carbocycles. The van der Waals surface area contributed by atoms with Gasteiger partial charge in [-0.15, -0.1) is 11.3 Å². The molecule has 0 saturated heterocycles. The van der Waals surface area contributed by atoms with Gasteiger partial charge in [0.05, 0.1) is 0 Å². The van der Waals surface area contributed by atoms with E-state index >= 15 is 0 Å². The highest BCUT2D eigenvalue weighted by molar-refractivity contribution is 7.09. The number of hydrogen-bond donors (Lipinski definition) is 0. The zero-order chi connectivity index (χ0) is 16.4. The zero-order valence-electron chi connectivity index (χ0n) is 14.3. The summed E-state index contributed by atoms with van der Waals surface area (Å²) in [5.41, 5.74) is 2.88. The number of hydrogen-bond acceptors (Lipinski definition) is 4. The van der Waals surface area contributed by atoms with E-state index in [4.69, 9.17) is 9.47 Å². The fourth-order valence-electron chi connectivity index (χ4n) is 3.92. The second-order valence-electron chi connectivity index (χ2n) is 6.84. The monoisotopic (exact) mass is 343 g/mol. The highest BCUT2D eigenvalue weighted by Crippen LogP contribution is 2.43. The average Bonchev–Trinajstić information content (AvgIpc) is 3.14. The fraction of sp³-hybridized carbons (Fsp3) is 0.500. The van der Waals surface area contributed by atoms with Crippen LogP contribution in [0, 0.1) is 0 Å². The van der Waals surface area contributed by atoms with Gasteiger partial charge in [0, 0.05) is 23.5 Å². The van der Waals surface area contributed by atoms with Crippen LogP contribution in [0.3, 0.4) is 0 Å². The Bertz CT molecular complexity index is 683. The summed E-state index contributed by atoms with van der Waals surface area (Å²) in [5.74, 6) is 2.56. The van der Waals surface area contributed by atoms with Crippen molar-refractivity contribution in [3.05, 3.63) is 45.6 Å². The van der Waals surface area contributed by atoms with E-state index < -0.39 is 0 Å². The van der Waals surface area contributed by atoms with Gasteiger partial charge in [0.2, 0.25) is 0 Å². The number of benzene rings is 1. The molecule has 128 valence electrons. The first-order chi connectivity index (χ1) is 11.8. The lowest BCUT2D eigenvalue weighted by atomic mass is 9.81. The molecule has 0 radical (unpaired) electrons. The van der Waals surface area contributed by atoms with E-state index in [1.807, 2.05) is 11.3 Å². The molecule has 1 aromatic heterocycles. The van der Waals surface area contributed by atoms with E-state index in [0.717, 1.165) is 37.4 Å². The molecular weight excluding hydrogens is 318 g/mol. The summed E-state index contributed by atoms with van der Waals surface area (Å²) in [5, 5.41) is 2.16. The van der Waals surface area contributed by atoms with Crippen LogP contribution >= 0.6 is 11.3 Å². The fourth-order valence-corrected chi connectivity index (χ4v) is 4.62. The SMILES string of the molecule is CN(CCc1cccs1)CC1CCCc2c1ccc1c2OCCO1. The van der Waals surface area contributed by atoms with Crippen LogP contribution in [0.25, 0.3) is 0 Å². The standard InChI is InChI=1S/C20H25NO2S/c1-21(10-9-16-5-3-13-24-16)14-15-4-2-6-18-17(15)7-8-19-20(18)23-12-11-22-19/h3,5,7-8,13,15H,2,4,6,9-12,14H2,1H3. The summed E-state index contributed by atoms with van der Waals surface area (Å²) < 4.78 is 11.7. The van der Waals surface area contributed by atoms with Crippen LogP contribution in [0.1, 0.15) is 34.8 Å². The Labute approximate surface area is 148 Å². The molecule has 0 bridgehead atoms. The third-order valence-electron chi connectivity index (χ3n) is 5.12. The molecule has 0 fully saturated rings. The molecule has 1 aliphatic carbocycles. The van der Waals surface area contributed by atoms with E-state index in [1.165, 1.54) is 28.8 Å². The van der Waals surface area contributed by atoms with Crippen LogP contribution in [0.2, 0.25) is 0 Å². The Kier molecular flexibility index (Phi) is 4.76. The predicted molar refractivity (Wildman–Crippen MR) is 98.6 cm³/mol.